The van der Waals surface area contributed by atoms with E-state index in [-0.39, 0.29) is 16.1 Å². The van der Waals surface area contributed by atoms with Crippen LogP contribution in [0.1, 0.15) is 17.3 Å². The number of carbonyl (C=O) groups is 2. The Kier molecular flexibility index (Phi) is 7.11. The molecule has 32 heavy (non-hydrogen) atoms. The van der Waals surface area contributed by atoms with Crippen molar-refractivity contribution in [2.75, 3.05) is 22.8 Å². The number of nitrogens with two attached hydrogens (primary N) is 1. The molecule has 0 heterocycles. The molecule has 0 aliphatic carbocycles. The molecule has 0 aliphatic heterocycles. The lowest BCUT2D eigenvalue weighted by atomic mass is 10.1. The minimum Gasteiger partial charge on any atom is -0.494 e. The van der Waals surface area contributed by atoms with Crippen LogP contribution in [0.4, 0.5) is 11.4 Å². The van der Waals surface area contributed by atoms with Crippen LogP contribution in [-0.4, -0.2) is 33.4 Å². The maximum absolute atomic E-state index is 13.4. The molecule has 3 aromatic carbocycles. The lowest BCUT2D eigenvalue weighted by Gasteiger charge is -2.24. The Morgan fingerprint density at radius 3 is 2.19 bits per heavy atom. The van der Waals surface area contributed by atoms with Gasteiger partial charge >= 0.3 is 0 Å². The zero-order valence-corrected chi connectivity index (χ0v) is 18.2. The first-order chi connectivity index (χ1) is 15.3. The number of hydrogen-bond donors (Lipinski definition) is 2. The van der Waals surface area contributed by atoms with Gasteiger partial charge in [0.15, 0.2) is 0 Å². The predicted octanol–water partition coefficient (Wildman–Crippen LogP) is 3.02. The predicted molar refractivity (Wildman–Crippen MR) is 122 cm³/mol. The van der Waals surface area contributed by atoms with Crippen molar-refractivity contribution < 1.29 is 22.7 Å². The number of primary amides is 1. The van der Waals surface area contributed by atoms with Crippen molar-refractivity contribution in [2.45, 2.75) is 11.8 Å². The maximum atomic E-state index is 13.4. The Hall–Kier alpha value is -3.85. The monoisotopic (exact) mass is 453 g/mol. The minimum absolute atomic E-state index is 0.00939. The number of sulfonamides is 1. The fourth-order valence-electron chi connectivity index (χ4n) is 3.04. The summed E-state index contributed by atoms with van der Waals surface area (Å²) in [7, 11) is -4.07. The van der Waals surface area contributed by atoms with Crippen molar-refractivity contribution in [3.05, 3.63) is 84.4 Å². The lowest BCUT2D eigenvalue weighted by Crippen LogP contribution is -2.38. The number of hydrogen-bond acceptors (Lipinski definition) is 5. The van der Waals surface area contributed by atoms with E-state index in [2.05, 4.69) is 5.32 Å². The molecule has 0 fully saturated rings. The number of carbonyl (C=O) groups excluding carboxylic acids is 2. The molecule has 166 valence electrons. The van der Waals surface area contributed by atoms with Crippen LogP contribution < -0.4 is 20.1 Å². The number of benzene rings is 3. The lowest BCUT2D eigenvalue weighted by molar-refractivity contribution is -0.114. The number of ether oxygens (including phenoxy) is 1. The Labute approximate surface area is 186 Å². The van der Waals surface area contributed by atoms with E-state index in [0.29, 0.717) is 18.0 Å². The van der Waals surface area contributed by atoms with Crippen molar-refractivity contribution >= 4 is 33.2 Å². The van der Waals surface area contributed by atoms with E-state index >= 15 is 0 Å². The van der Waals surface area contributed by atoms with Crippen molar-refractivity contribution in [2.24, 2.45) is 5.73 Å². The summed E-state index contributed by atoms with van der Waals surface area (Å²) in [5.41, 5.74) is 6.01. The number of rotatable bonds is 9. The fourth-order valence-corrected chi connectivity index (χ4v) is 4.46. The van der Waals surface area contributed by atoms with Crippen LogP contribution in [0.15, 0.2) is 83.8 Å². The highest BCUT2D eigenvalue weighted by molar-refractivity contribution is 7.92. The van der Waals surface area contributed by atoms with Crippen molar-refractivity contribution in [1.29, 1.82) is 0 Å². The summed E-state index contributed by atoms with van der Waals surface area (Å²) < 4.78 is 33.2. The van der Waals surface area contributed by atoms with E-state index in [1.54, 1.807) is 54.6 Å². The highest BCUT2D eigenvalue weighted by Crippen LogP contribution is 2.25. The van der Waals surface area contributed by atoms with E-state index in [0.717, 1.165) is 4.31 Å². The average Bonchev–Trinajstić information content (AvgIpc) is 2.79. The molecule has 0 radical (unpaired) electrons. The van der Waals surface area contributed by atoms with Crippen LogP contribution in [0.5, 0.6) is 5.75 Å². The second-order valence-electron chi connectivity index (χ2n) is 6.71. The van der Waals surface area contributed by atoms with Gasteiger partial charge in [-0.1, -0.05) is 30.3 Å². The van der Waals surface area contributed by atoms with Gasteiger partial charge in [-0.25, -0.2) is 8.42 Å². The number of para-hydroxylation sites is 2. The van der Waals surface area contributed by atoms with E-state index in [4.69, 9.17) is 10.5 Å². The zero-order chi connectivity index (χ0) is 23.1. The molecule has 2 amide bonds. The molecule has 3 aromatic rings. The first-order valence-corrected chi connectivity index (χ1v) is 11.3. The number of amides is 2. The van der Waals surface area contributed by atoms with E-state index in [9.17, 15) is 18.0 Å². The van der Waals surface area contributed by atoms with Gasteiger partial charge in [0.05, 0.1) is 28.4 Å². The van der Waals surface area contributed by atoms with Gasteiger partial charge in [-0.05, 0) is 55.5 Å². The van der Waals surface area contributed by atoms with E-state index < -0.39 is 28.4 Å². The summed E-state index contributed by atoms with van der Waals surface area (Å²) in [4.78, 5) is 24.4. The first-order valence-electron chi connectivity index (χ1n) is 9.82. The Bertz CT molecular complexity index is 1200. The smallest absolute Gasteiger partial charge is 0.264 e. The molecule has 3 rings (SSSR count). The molecular formula is C23H23N3O5S. The standard InChI is InChI=1S/C23H23N3O5S/c1-2-31-18-12-14-19(15-13-18)32(29,30)26(17-8-4-3-5-9-17)16-22(27)25-21-11-7-6-10-20(21)23(24)28/h3-15H,2,16H2,1H3,(H2,24,28)(H,25,27). The molecule has 0 bridgehead atoms. The van der Waals surface area contributed by atoms with E-state index in [1.807, 2.05) is 6.92 Å². The quantitative estimate of drug-likeness (QED) is 0.516. The second-order valence-corrected chi connectivity index (χ2v) is 8.57. The molecular weight excluding hydrogens is 430 g/mol. The molecule has 3 N–H and O–H groups in total. The molecule has 9 heteroatoms. The summed E-state index contributed by atoms with van der Waals surface area (Å²) in [6.45, 7) is 1.78. The Balaban J connectivity index is 1.92. The molecule has 0 atom stereocenters. The van der Waals surface area contributed by atoms with Gasteiger partial charge in [0.25, 0.3) is 15.9 Å². The highest BCUT2D eigenvalue weighted by atomic mass is 32.2. The Morgan fingerprint density at radius 1 is 0.938 bits per heavy atom. The summed E-state index contributed by atoms with van der Waals surface area (Å²) >= 11 is 0. The third-order valence-corrected chi connectivity index (χ3v) is 6.31. The second kappa shape index (κ2) is 9.97. The van der Waals surface area contributed by atoms with Gasteiger partial charge in [-0.3, -0.25) is 13.9 Å². The number of nitrogens with zero attached hydrogens (tertiary/aromatic N) is 1. The van der Waals surface area contributed by atoms with Crippen LogP contribution in [0, 0.1) is 0 Å². The third kappa shape index (κ3) is 5.25. The van der Waals surface area contributed by atoms with Crippen LogP contribution in [0.25, 0.3) is 0 Å². The summed E-state index contributed by atoms with van der Waals surface area (Å²) in [5, 5.41) is 2.58. The van der Waals surface area contributed by atoms with Crippen molar-refractivity contribution in [3.63, 3.8) is 0 Å². The van der Waals surface area contributed by atoms with Gasteiger partial charge in [-0.15, -0.1) is 0 Å². The topological polar surface area (TPSA) is 119 Å². The molecule has 0 spiro atoms. The minimum atomic E-state index is -4.07. The summed E-state index contributed by atoms with van der Waals surface area (Å²) in [6.07, 6.45) is 0. The average molecular weight is 454 g/mol. The van der Waals surface area contributed by atoms with E-state index in [1.165, 1.54) is 24.3 Å². The van der Waals surface area contributed by atoms with Crippen LogP contribution in [0.2, 0.25) is 0 Å². The molecule has 0 aliphatic rings. The summed E-state index contributed by atoms with van der Waals surface area (Å²) in [5.74, 6) is -0.793. The maximum Gasteiger partial charge on any atom is 0.264 e. The molecule has 0 unspecified atom stereocenters. The normalized spacial score (nSPS) is 10.9. The molecule has 0 saturated heterocycles. The van der Waals surface area contributed by atoms with Crippen LogP contribution >= 0.6 is 0 Å². The zero-order valence-electron chi connectivity index (χ0n) is 17.4. The van der Waals surface area contributed by atoms with Gasteiger partial charge in [0.2, 0.25) is 5.91 Å². The largest absolute Gasteiger partial charge is 0.494 e. The number of nitrogens with one attached hydrogen (secondary N) is 1. The van der Waals surface area contributed by atoms with Gasteiger partial charge in [0.1, 0.15) is 12.3 Å². The van der Waals surface area contributed by atoms with Gasteiger partial charge in [0, 0.05) is 0 Å². The molecule has 8 nitrogen and oxygen atoms in total. The summed E-state index contributed by atoms with van der Waals surface area (Å²) in [6, 6.07) is 20.5. The number of anilines is 2. The SMILES string of the molecule is CCOc1ccc(S(=O)(=O)N(CC(=O)Nc2ccccc2C(N)=O)c2ccccc2)cc1. The van der Waals surface area contributed by atoms with Crippen molar-refractivity contribution in [1.82, 2.24) is 0 Å². The third-order valence-electron chi connectivity index (χ3n) is 4.52. The highest BCUT2D eigenvalue weighted by Gasteiger charge is 2.27. The van der Waals surface area contributed by atoms with Crippen molar-refractivity contribution in [3.8, 4) is 5.75 Å². The van der Waals surface area contributed by atoms with Gasteiger partial charge < -0.3 is 15.8 Å². The molecule has 0 saturated carbocycles. The fraction of sp³-hybridized carbons (Fsp3) is 0.130. The first kappa shape index (κ1) is 22.8. The van der Waals surface area contributed by atoms with Crippen LogP contribution in [-0.2, 0) is 14.8 Å². The molecule has 0 aromatic heterocycles. The van der Waals surface area contributed by atoms with Crippen LogP contribution in [0.3, 0.4) is 0 Å². The Morgan fingerprint density at radius 2 is 1.56 bits per heavy atom. The van der Waals surface area contributed by atoms with Gasteiger partial charge in [-0.2, -0.15) is 0 Å².